The molecule has 2 amide bonds. The van der Waals surface area contributed by atoms with Crippen LogP contribution in [0.15, 0.2) is 42.6 Å². The van der Waals surface area contributed by atoms with E-state index < -0.39 is 28.6 Å². The first-order valence-electron chi connectivity index (χ1n) is 13.3. The van der Waals surface area contributed by atoms with Gasteiger partial charge in [0.1, 0.15) is 23.8 Å². The smallest absolute Gasteiger partial charge is 0.417 e. The molecule has 44 heavy (non-hydrogen) atoms. The Kier molecular flexibility index (Phi) is 10.8. The highest BCUT2D eigenvalue weighted by atomic mass is 35.5. The van der Waals surface area contributed by atoms with Crippen molar-refractivity contribution in [1.29, 1.82) is 5.26 Å². The zero-order valence-corrected chi connectivity index (χ0v) is 25.6. The number of alkyl halides is 3. The Morgan fingerprint density at radius 1 is 1.18 bits per heavy atom. The average molecular weight is 633 g/mol. The van der Waals surface area contributed by atoms with E-state index in [0.717, 1.165) is 37.3 Å². The second-order valence-corrected chi connectivity index (χ2v) is 11.3. The van der Waals surface area contributed by atoms with Crippen molar-refractivity contribution in [2.45, 2.75) is 32.5 Å². The van der Waals surface area contributed by atoms with E-state index in [4.69, 9.17) is 16.3 Å². The number of benzene rings is 2. The molecule has 3 aromatic rings. The van der Waals surface area contributed by atoms with Crippen LogP contribution in [0.4, 0.5) is 24.5 Å². The van der Waals surface area contributed by atoms with Gasteiger partial charge in [-0.15, -0.1) is 0 Å². The minimum Gasteiger partial charge on any atom is -0.495 e. The van der Waals surface area contributed by atoms with Crippen LogP contribution in [0.3, 0.4) is 0 Å². The first-order chi connectivity index (χ1) is 20.6. The van der Waals surface area contributed by atoms with Crippen LogP contribution in [0.25, 0.3) is 0 Å². The topological polar surface area (TPSA) is 121 Å². The standard InChI is InChI=1S/C22H15ClF3N5O3.C5H8O.C3H9N/c1-34-18-5-2-12(8-13(18)10-27)20(32)29-17-11-28-31-7-6-30(21(33)19(17)31)14-3-4-15(16(23)9-14)22(24,25)26;1-5(4-6)2-3-5;1-4(2)3/h2-5,8-9,11H,6-7H2,1H3,(H,29,32);4H,2-3H2,1H3;1-3H3. The summed E-state index contributed by atoms with van der Waals surface area (Å²) >= 11 is 5.81. The third-order valence-electron chi connectivity index (χ3n) is 6.55. The summed E-state index contributed by atoms with van der Waals surface area (Å²) in [5, 5.41) is 15.4. The van der Waals surface area contributed by atoms with Crippen LogP contribution in [0.5, 0.6) is 5.75 Å². The normalized spacial score (nSPS) is 14.7. The molecular formula is C30H32ClF3N6O4. The van der Waals surface area contributed by atoms with E-state index in [1.807, 2.05) is 39.0 Å². The van der Waals surface area contributed by atoms with E-state index in [1.165, 1.54) is 41.1 Å². The first kappa shape index (κ1) is 34.1. The van der Waals surface area contributed by atoms with Crippen LogP contribution in [-0.2, 0) is 17.5 Å². The molecule has 0 atom stereocenters. The molecule has 0 unspecified atom stereocenters. The zero-order chi connectivity index (χ0) is 32.8. The molecule has 0 spiro atoms. The fourth-order valence-corrected chi connectivity index (χ4v) is 4.17. The number of carbonyl (C=O) groups is 3. The minimum absolute atomic E-state index is 0.0599. The number of hydrogen-bond donors (Lipinski definition) is 1. The fraction of sp³-hybridized carbons (Fsp3) is 0.367. The molecule has 2 aliphatic rings. The van der Waals surface area contributed by atoms with E-state index in [1.54, 1.807) is 0 Å². The summed E-state index contributed by atoms with van der Waals surface area (Å²) in [6, 6.07) is 9.28. The summed E-state index contributed by atoms with van der Waals surface area (Å²) < 4.78 is 45.5. The van der Waals surface area contributed by atoms with Gasteiger partial charge in [-0.2, -0.15) is 23.5 Å². The zero-order valence-electron chi connectivity index (χ0n) is 24.8. The van der Waals surface area contributed by atoms with Crippen molar-refractivity contribution in [3.8, 4) is 11.8 Å². The van der Waals surface area contributed by atoms with Gasteiger partial charge in [-0.05, 0) is 70.4 Å². The van der Waals surface area contributed by atoms with Gasteiger partial charge in [0, 0.05) is 23.2 Å². The van der Waals surface area contributed by atoms with Gasteiger partial charge in [-0.3, -0.25) is 14.3 Å². The van der Waals surface area contributed by atoms with E-state index in [-0.39, 0.29) is 46.7 Å². The van der Waals surface area contributed by atoms with Crippen molar-refractivity contribution < 1.29 is 32.3 Å². The summed E-state index contributed by atoms with van der Waals surface area (Å²) in [5.41, 5.74) is -0.213. The fourth-order valence-electron chi connectivity index (χ4n) is 3.89. The molecule has 2 aromatic carbocycles. The number of amides is 2. The van der Waals surface area contributed by atoms with Crippen LogP contribution in [0, 0.1) is 16.7 Å². The van der Waals surface area contributed by atoms with Crippen molar-refractivity contribution in [3.05, 3.63) is 70.0 Å². The highest BCUT2D eigenvalue weighted by Gasteiger charge is 2.37. The monoisotopic (exact) mass is 632 g/mol. The first-order valence-corrected chi connectivity index (χ1v) is 13.7. The van der Waals surface area contributed by atoms with E-state index in [0.29, 0.717) is 5.75 Å². The van der Waals surface area contributed by atoms with Crippen LogP contribution in [0.2, 0.25) is 5.02 Å². The second kappa shape index (κ2) is 13.9. The Labute approximate surface area is 257 Å². The van der Waals surface area contributed by atoms with Crippen LogP contribution in [-0.4, -0.2) is 67.6 Å². The van der Waals surface area contributed by atoms with Gasteiger partial charge in [-0.25, -0.2) is 0 Å². The van der Waals surface area contributed by atoms with Crippen LogP contribution < -0.4 is 15.0 Å². The summed E-state index contributed by atoms with van der Waals surface area (Å²) in [6.07, 6.45) is -0.0481. The van der Waals surface area contributed by atoms with E-state index in [2.05, 4.69) is 10.4 Å². The molecule has 10 nitrogen and oxygen atoms in total. The van der Waals surface area contributed by atoms with Gasteiger partial charge in [0.15, 0.2) is 0 Å². The lowest BCUT2D eigenvalue weighted by molar-refractivity contribution is -0.137. The van der Waals surface area contributed by atoms with Crippen molar-refractivity contribution >= 4 is 41.1 Å². The average Bonchev–Trinajstić information content (AvgIpc) is 3.58. The number of carbonyl (C=O) groups excluding carboxylic acids is 3. The number of aromatic nitrogens is 2. The number of aldehydes is 1. The Balaban J connectivity index is 0.000000452. The lowest BCUT2D eigenvalue weighted by Crippen LogP contribution is -2.41. The number of nitriles is 1. The number of methoxy groups -OCH3 is 1. The quantitative estimate of drug-likeness (QED) is 0.368. The maximum Gasteiger partial charge on any atom is 0.417 e. The van der Waals surface area contributed by atoms with Gasteiger partial charge in [0.25, 0.3) is 11.8 Å². The van der Waals surface area contributed by atoms with Crippen LogP contribution in [0.1, 0.15) is 51.7 Å². The number of fused-ring (bicyclic) bond motifs is 1. The Hall–Kier alpha value is -4.41. The van der Waals surface area contributed by atoms with Gasteiger partial charge in [-0.1, -0.05) is 18.5 Å². The van der Waals surface area contributed by atoms with E-state index >= 15 is 0 Å². The molecule has 2 heterocycles. The molecule has 0 radical (unpaired) electrons. The molecule has 0 bridgehead atoms. The van der Waals surface area contributed by atoms with Gasteiger partial charge < -0.3 is 24.6 Å². The molecule has 1 aromatic heterocycles. The number of hydrogen-bond acceptors (Lipinski definition) is 7. The van der Waals surface area contributed by atoms with Crippen molar-refractivity contribution in [2.75, 3.05) is 45.0 Å². The maximum absolute atomic E-state index is 13.2. The molecule has 1 aliphatic carbocycles. The molecule has 0 saturated heterocycles. The summed E-state index contributed by atoms with van der Waals surface area (Å²) in [5.74, 6) is -0.845. The van der Waals surface area contributed by atoms with Gasteiger partial charge in [0.2, 0.25) is 0 Å². The van der Waals surface area contributed by atoms with Crippen LogP contribution >= 0.6 is 11.6 Å². The number of anilines is 2. The molecule has 234 valence electrons. The Morgan fingerprint density at radius 2 is 1.84 bits per heavy atom. The molecule has 1 aliphatic heterocycles. The number of rotatable bonds is 5. The Morgan fingerprint density at radius 3 is 2.34 bits per heavy atom. The predicted molar refractivity (Wildman–Crippen MR) is 159 cm³/mol. The summed E-state index contributed by atoms with van der Waals surface area (Å²) in [4.78, 5) is 39.1. The number of nitrogens with zero attached hydrogens (tertiary/aromatic N) is 5. The summed E-state index contributed by atoms with van der Waals surface area (Å²) in [6.45, 7) is 2.38. The minimum atomic E-state index is -4.62. The van der Waals surface area contributed by atoms with E-state index in [9.17, 15) is 32.8 Å². The molecule has 1 N–H and O–H groups in total. The molecule has 1 fully saturated rings. The molecule has 1 saturated carbocycles. The van der Waals surface area contributed by atoms with Crippen molar-refractivity contribution in [3.63, 3.8) is 0 Å². The lowest BCUT2D eigenvalue weighted by atomic mass is 10.1. The summed E-state index contributed by atoms with van der Waals surface area (Å²) in [7, 11) is 7.40. The number of nitrogens with one attached hydrogen (secondary N) is 1. The third-order valence-corrected chi connectivity index (χ3v) is 6.86. The second-order valence-electron chi connectivity index (χ2n) is 10.8. The highest BCUT2D eigenvalue weighted by Crippen LogP contribution is 2.42. The van der Waals surface area contributed by atoms with Crippen molar-refractivity contribution in [2.24, 2.45) is 5.41 Å². The lowest BCUT2D eigenvalue weighted by Gasteiger charge is -2.28. The van der Waals surface area contributed by atoms with Gasteiger partial charge in [0.05, 0.1) is 41.7 Å². The molecule has 14 heteroatoms. The van der Waals surface area contributed by atoms with Gasteiger partial charge >= 0.3 is 6.18 Å². The predicted octanol–water partition coefficient (Wildman–Crippen LogP) is 5.51. The number of ether oxygens (including phenoxy) is 1. The Bertz CT molecular complexity index is 1570. The third kappa shape index (κ3) is 8.36. The molecule has 5 rings (SSSR count). The SMILES string of the molecule is CC1(C=O)CC1.CN(C)C.COc1ccc(C(=O)Nc2cnn3c2C(=O)N(c2ccc(C(F)(F)F)c(Cl)c2)CC3)cc1C#N. The van der Waals surface area contributed by atoms with Crippen molar-refractivity contribution in [1.82, 2.24) is 14.7 Å². The largest absolute Gasteiger partial charge is 0.495 e. The highest BCUT2D eigenvalue weighted by molar-refractivity contribution is 6.31. The number of halogens is 4. The maximum atomic E-state index is 13.2. The molecular weight excluding hydrogens is 601 g/mol.